The normalized spacial score (nSPS) is 26.2. The number of hydrogen-bond acceptors (Lipinski definition) is 5. The molecule has 0 unspecified atom stereocenters. The van der Waals surface area contributed by atoms with Crippen LogP contribution in [0.25, 0.3) is 0 Å². The molecule has 148 valence electrons. The highest BCUT2D eigenvalue weighted by Gasteiger charge is 2.57. The van der Waals surface area contributed by atoms with Gasteiger partial charge in [0.15, 0.2) is 5.41 Å². The van der Waals surface area contributed by atoms with Crippen molar-refractivity contribution in [3.05, 3.63) is 47.0 Å². The van der Waals surface area contributed by atoms with Crippen molar-refractivity contribution in [2.24, 2.45) is 17.3 Å². The van der Waals surface area contributed by atoms with Crippen molar-refractivity contribution < 1.29 is 0 Å². The van der Waals surface area contributed by atoms with Crippen molar-refractivity contribution >= 4 is 5.71 Å². The Morgan fingerprint density at radius 3 is 2.17 bits per heavy atom. The zero-order chi connectivity index (χ0) is 21.3. The summed E-state index contributed by atoms with van der Waals surface area (Å²) >= 11 is 0. The highest BCUT2D eigenvalue weighted by molar-refractivity contribution is 6.00. The van der Waals surface area contributed by atoms with Gasteiger partial charge in [-0.3, -0.25) is 4.90 Å². The van der Waals surface area contributed by atoms with Gasteiger partial charge < -0.3 is 5.41 Å². The lowest BCUT2D eigenvalue weighted by Crippen LogP contribution is -2.53. The Morgan fingerprint density at radius 2 is 1.69 bits per heavy atom. The van der Waals surface area contributed by atoms with Gasteiger partial charge in [-0.25, -0.2) is 0 Å². The summed E-state index contributed by atoms with van der Waals surface area (Å²) < 4.78 is 0. The second-order valence-corrected chi connectivity index (χ2v) is 8.66. The molecular weight excluding hydrogens is 358 g/mol. The molecular formula is C24H27N5. The van der Waals surface area contributed by atoms with Crippen molar-refractivity contribution in [3.63, 3.8) is 0 Å². The maximum atomic E-state index is 10.1. The number of fused-ring (bicyclic) bond motifs is 1. The van der Waals surface area contributed by atoms with Crippen LogP contribution in [-0.2, 0) is 0 Å². The summed E-state index contributed by atoms with van der Waals surface area (Å²) in [6.45, 7) is 9.90. The summed E-state index contributed by atoms with van der Waals surface area (Å²) in [5.41, 5.74) is 1.26. The smallest absolute Gasteiger partial charge is 0.189 e. The second-order valence-electron chi connectivity index (χ2n) is 8.66. The minimum Gasteiger partial charge on any atom is -0.305 e. The van der Waals surface area contributed by atoms with Crippen LogP contribution in [-0.4, -0.2) is 29.7 Å². The first-order valence-electron chi connectivity index (χ1n) is 10.2. The van der Waals surface area contributed by atoms with Crippen LogP contribution in [0.1, 0.15) is 50.7 Å². The Balaban J connectivity index is 2.20. The molecule has 1 saturated carbocycles. The van der Waals surface area contributed by atoms with Crippen LogP contribution < -0.4 is 0 Å². The lowest BCUT2D eigenvalue weighted by atomic mass is 9.54. The maximum Gasteiger partial charge on any atom is 0.189 e. The van der Waals surface area contributed by atoms with Crippen LogP contribution in [0.5, 0.6) is 0 Å². The van der Waals surface area contributed by atoms with Gasteiger partial charge in [-0.2, -0.15) is 15.8 Å². The molecule has 0 saturated heterocycles. The SMILES string of the molecule is CC(C)c1ccc([C@@H]2[C@@H]3CN(C(C)C)CC=C3[C@@H](C#N)C(=N)C2(C#N)C#N)cc1. The first-order valence-corrected chi connectivity index (χ1v) is 10.2. The van der Waals surface area contributed by atoms with Crippen molar-refractivity contribution in [2.75, 3.05) is 13.1 Å². The molecule has 2 aliphatic rings. The summed E-state index contributed by atoms with van der Waals surface area (Å²) in [5, 5.41) is 38.7. The van der Waals surface area contributed by atoms with E-state index in [2.05, 4.69) is 50.8 Å². The molecule has 1 aromatic rings. The molecule has 0 spiro atoms. The first-order chi connectivity index (χ1) is 13.8. The summed E-state index contributed by atoms with van der Waals surface area (Å²) in [5.74, 6) is -1.03. The number of nitrogens with one attached hydrogen (secondary N) is 1. The van der Waals surface area contributed by atoms with Crippen LogP contribution >= 0.6 is 0 Å². The van der Waals surface area contributed by atoms with Gasteiger partial charge in [-0.1, -0.05) is 44.2 Å². The predicted molar refractivity (Wildman–Crippen MR) is 112 cm³/mol. The van der Waals surface area contributed by atoms with Crippen molar-refractivity contribution in [1.29, 1.82) is 21.2 Å². The Labute approximate surface area is 173 Å². The lowest BCUT2D eigenvalue weighted by molar-refractivity contribution is 0.171. The first kappa shape index (κ1) is 20.8. The lowest BCUT2D eigenvalue weighted by Gasteiger charge is -2.48. The number of rotatable bonds is 3. The van der Waals surface area contributed by atoms with E-state index in [0.29, 0.717) is 18.5 Å². The molecule has 0 radical (unpaired) electrons. The molecule has 3 rings (SSSR count). The van der Waals surface area contributed by atoms with Gasteiger partial charge in [-0.15, -0.1) is 0 Å². The highest BCUT2D eigenvalue weighted by Crippen LogP contribution is 2.53. The average Bonchev–Trinajstić information content (AvgIpc) is 2.72. The van der Waals surface area contributed by atoms with E-state index < -0.39 is 17.3 Å². The third-order valence-electron chi connectivity index (χ3n) is 6.51. The largest absolute Gasteiger partial charge is 0.305 e. The molecule has 1 heterocycles. The zero-order valence-corrected chi connectivity index (χ0v) is 17.5. The summed E-state index contributed by atoms with van der Waals surface area (Å²) in [7, 11) is 0. The molecule has 5 heteroatoms. The van der Waals surface area contributed by atoms with E-state index in [1.807, 2.05) is 30.3 Å². The summed E-state index contributed by atoms with van der Waals surface area (Å²) in [6.07, 6.45) is 2.05. The van der Waals surface area contributed by atoms with Gasteiger partial charge in [0.05, 0.1) is 23.9 Å². The average molecular weight is 386 g/mol. The van der Waals surface area contributed by atoms with E-state index in [1.54, 1.807) is 0 Å². The van der Waals surface area contributed by atoms with Crippen molar-refractivity contribution in [1.82, 2.24) is 4.90 Å². The standard InChI is InChI=1S/C24H27N5/c1-15(2)17-5-7-18(8-6-17)22-21-12-29(16(3)4)10-9-19(21)20(11-25)23(28)24(22,13-26)14-27/h5-9,15-16,20-22,28H,10,12H2,1-4H3/t20-,21-,22-/m1/s1. The number of nitriles is 3. The highest BCUT2D eigenvalue weighted by atomic mass is 15.2. The molecule has 1 aliphatic heterocycles. The van der Waals surface area contributed by atoms with Crippen molar-refractivity contribution in [3.8, 4) is 18.2 Å². The fraction of sp³-hybridized carbons (Fsp3) is 0.500. The third kappa shape index (κ3) is 3.25. The molecule has 5 nitrogen and oxygen atoms in total. The quantitative estimate of drug-likeness (QED) is 0.781. The van der Waals surface area contributed by atoms with E-state index in [-0.39, 0.29) is 11.6 Å². The van der Waals surface area contributed by atoms with Crippen LogP contribution in [0.2, 0.25) is 0 Å². The van der Waals surface area contributed by atoms with Gasteiger partial charge in [0.1, 0.15) is 5.92 Å². The van der Waals surface area contributed by atoms with E-state index >= 15 is 0 Å². The van der Waals surface area contributed by atoms with Crippen LogP contribution in [0.4, 0.5) is 0 Å². The van der Waals surface area contributed by atoms with E-state index in [1.165, 1.54) is 5.56 Å². The van der Waals surface area contributed by atoms with Crippen LogP contribution in [0, 0.1) is 56.7 Å². The number of benzene rings is 1. The Bertz CT molecular complexity index is 935. The molecule has 29 heavy (non-hydrogen) atoms. The molecule has 1 aromatic carbocycles. The van der Waals surface area contributed by atoms with E-state index in [4.69, 9.17) is 5.41 Å². The van der Waals surface area contributed by atoms with Crippen LogP contribution in [0.3, 0.4) is 0 Å². The number of hydrogen-bond donors (Lipinski definition) is 1. The molecule has 3 atom stereocenters. The zero-order valence-electron chi connectivity index (χ0n) is 17.5. The molecule has 0 aromatic heterocycles. The number of nitrogens with zero attached hydrogens (tertiary/aromatic N) is 4. The van der Waals surface area contributed by atoms with Gasteiger partial charge in [0.25, 0.3) is 0 Å². The van der Waals surface area contributed by atoms with Gasteiger partial charge in [0.2, 0.25) is 0 Å². The minimum absolute atomic E-state index is 0.0802. The fourth-order valence-electron chi connectivity index (χ4n) is 4.72. The third-order valence-corrected chi connectivity index (χ3v) is 6.51. The fourth-order valence-corrected chi connectivity index (χ4v) is 4.72. The molecule has 1 fully saturated rings. The topological polar surface area (TPSA) is 98.5 Å². The molecule has 0 bridgehead atoms. The molecule has 0 amide bonds. The summed E-state index contributed by atoms with van der Waals surface area (Å²) in [4.78, 5) is 2.30. The second kappa shape index (κ2) is 7.82. The Hall–Kier alpha value is -2.94. The van der Waals surface area contributed by atoms with Gasteiger partial charge in [-0.05, 0) is 36.5 Å². The summed E-state index contributed by atoms with van der Waals surface area (Å²) in [6, 6.07) is 14.9. The monoisotopic (exact) mass is 385 g/mol. The van der Waals surface area contributed by atoms with Gasteiger partial charge >= 0.3 is 0 Å². The predicted octanol–water partition coefficient (Wildman–Crippen LogP) is 4.37. The molecule has 1 N–H and O–H groups in total. The minimum atomic E-state index is -1.64. The maximum absolute atomic E-state index is 10.1. The van der Waals surface area contributed by atoms with Crippen LogP contribution in [0.15, 0.2) is 35.9 Å². The van der Waals surface area contributed by atoms with E-state index in [9.17, 15) is 15.8 Å². The van der Waals surface area contributed by atoms with Crippen molar-refractivity contribution in [2.45, 2.75) is 45.6 Å². The van der Waals surface area contributed by atoms with E-state index in [0.717, 1.165) is 17.7 Å². The Kier molecular flexibility index (Phi) is 5.61. The molecule has 1 aliphatic carbocycles. The Morgan fingerprint density at radius 1 is 1.07 bits per heavy atom. The van der Waals surface area contributed by atoms with Gasteiger partial charge in [0, 0.05) is 31.0 Å².